The first kappa shape index (κ1) is 13.4. The predicted octanol–water partition coefficient (Wildman–Crippen LogP) is 4.11. The van der Waals surface area contributed by atoms with Gasteiger partial charge < -0.3 is 14.3 Å². The predicted molar refractivity (Wildman–Crippen MR) is 72.5 cm³/mol. The van der Waals surface area contributed by atoms with E-state index in [0.29, 0.717) is 5.52 Å². The highest BCUT2D eigenvalue weighted by molar-refractivity contribution is 6.32. The molecule has 0 bridgehead atoms. The molecule has 0 saturated heterocycles. The topological polar surface area (TPSA) is 72.6 Å². The lowest BCUT2D eigenvalue weighted by atomic mass is 10.2. The van der Waals surface area contributed by atoms with E-state index in [1.807, 2.05) is 0 Å². The molecule has 21 heavy (non-hydrogen) atoms. The molecule has 0 saturated carbocycles. The van der Waals surface area contributed by atoms with E-state index in [1.54, 1.807) is 0 Å². The summed E-state index contributed by atoms with van der Waals surface area (Å²) in [6.45, 7) is 0. The number of nitrogens with zero attached hydrogens (tertiary/aromatic N) is 1. The molecule has 0 fully saturated rings. The van der Waals surface area contributed by atoms with Crippen molar-refractivity contribution < 1.29 is 23.4 Å². The summed E-state index contributed by atoms with van der Waals surface area (Å²) in [5.74, 6) is -1.38. The van der Waals surface area contributed by atoms with Crippen LogP contribution in [0.5, 0.6) is 11.8 Å². The van der Waals surface area contributed by atoms with Crippen LogP contribution in [0.1, 0.15) is 10.4 Å². The summed E-state index contributed by atoms with van der Waals surface area (Å²) in [5.41, 5.74) is 0.779. The van der Waals surface area contributed by atoms with Crippen LogP contribution in [0.15, 0.2) is 40.8 Å². The number of aromatic carboxylic acids is 1. The summed E-state index contributed by atoms with van der Waals surface area (Å²) in [6.07, 6.45) is -0.110. The van der Waals surface area contributed by atoms with E-state index in [-0.39, 0.29) is 28.0 Å². The Hall–Kier alpha value is -2.60. The Bertz CT molecular complexity index is 846. The fourth-order valence-corrected chi connectivity index (χ4v) is 1.94. The molecule has 1 N–H and O–H groups in total. The standard InChI is InChI=1S/C14H7ClFNO4/c15-9-6-8(16)2-4-11(9)20-14-17-10-3-1-7(13(18)19)5-12(10)21-14/h1-6H,(H,18,19). The molecule has 3 rings (SSSR count). The fraction of sp³-hybridized carbons (Fsp3) is 0. The van der Waals surface area contributed by atoms with Gasteiger partial charge in [0.1, 0.15) is 11.3 Å². The number of carboxylic acid groups (broad SMARTS) is 1. The zero-order valence-corrected chi connectivity index (χ0v) is 11.1. The van der Waals surface area contributed by atoms with E-state index in [9.17, 15) is 9.18 Å². The maximum atomic E-state index is 12.9. The van der Waals surface area contributed by atoms with E-state index in [2.05, 4.69) is 4.98 Å². The van der Waals surface area contributed by atoms with Crippen LogP contribution in [0.2, 0.25) is 5.02 Å². The first-order valence-electron chi connectivity index (χ1n) is 5.80. The summed E-state index contributed by atoms with van der Waals surface area (Å²) in [5, 5.41) is 8.98. The highest BCUT2D eigenvalue weighted by Gasteiger charge is 2.13. The maximum Gasteiger partial charge on any atom is 0.400 e. The van der Waals surface area contributed by atoms with Crippen molar-refractivity contribution in [2.45, 2.75) is 0 Å². The molecule has 1 aromatic heterocycles. The largest absolute Gasteiger partial charge is 0.478 e. The van der Waals surface area contributed by atoms with Gasteiger partial charge in [-0.15, -0.1) is 0 Å². The maximum absolute atomic E-state index is 12.9. The minimum absolute atomic E-state index is 0.0727. The van der Waals surface area contributed by atoms with Crippen LogP contribution in [0, 0.1) is 5.82 Å². The number of carboxylic acids is 1. The van der Waals surface area contributed by atoms with E-state index >= 15 is 0 Å². The van der Waals surface area contributed by atoms with Crippen molar-refractivity contribution in [3.63, 3.8) is 0 Å². The second kappa shape index (κ2) is 5.06. The Balaban J connectivity index is 1.95. The monoisotopic (exact) mass is 307 g/mol. The van der Waals surface area contributed by atoms with Crippen LogP contribution in [0.3, 0.4) is 0 Å². The number of halogens is 2. The summed E-state index contributed by atoms with van der Waals surface area (Å²) in [7, 11) is 0. The van der Waals surface area contributed by atoms with E-state index in [1.165, 1.54) is 30.3 Å². The smallest absolute Gasteiger partial charge is 0.400 e. The third kappa shape index (κ3) is 2.66. The van der Waals surface area contributed by atoms with Crippen LogP contribution >= 0.6 is 11.6 Å². The molecular formula is C14H7ClFNO4. The minimum Gasteiger partial charge on any atom is -0.478 e. The van der Waals surface area contributed by atoms with Gasteiger partial charge in [-0.2, -0.15) is 4.98 Å². The lowest BCUT2D eigenvalue weighted by Gasteiger charge is -2.02. The Morgan fingerprint density at radius 2 is 2.10 bits per heavy atom. The number of hydrogen-bond donors (Lipinski definition) is 1. The third-order valence-electron chi connectivity index (χ3n) is 2.71. The Kier molecular flexibility index (Phi) is 3.23. The number of rotatable bonds is 3. The Labute approximate surface area is 122 Å². The third-order valence-corrected chi connectivity index (χ3v) is 3.00. The quantitative estimate of drug-likeness (QED) is 0.788. The highest BCUT2D eigenvalue weighted by atomic mass is 35.5. The van der Waals surface area contributed by atoms with Crippen molar-refractivity contribution in [2.24, 2.45) is 0 Å². The first-order valence-corrected chi connectivity index (χ1v) is 6.17. The van der Waals surface area contributed by atoms with E-state index < -0.39 is 11.8 Å². The second-order valence-corrected chi connectivity index (χ2v) is 4.55. The number of oxazole rings is 1. The van der Waals surface area contributed by atoms with Crippen molar-refractivity contribution in [2.75, 3.05) is 0 Å². The van der Waals surface area contributed by atoms with Crippen LogP contribution in [-0.2, 0) is 0 Å². The molecule has 7 heteroatoms. The van der Waals surface area contributed by atoms with Gasteiger partial charge in [0.2, 0.25) is 0 Å². The number of hydrogen-bond acceptors (Lipinski definition) is 4. The van der Waals surface area contributed by atoms with Gasteiger partial charge in [0.25, 0.3) is 0 Å². The SMILES string of the molecule is O=C(O)c1ccc2nc(Oc3ccc(F)cc3Cl)oc2c1. The van der Waals surface area contributed by atoms with E-state index in [4.69, 9.17) is 25.9 Å². The number of fused-ring (bicyclic) bond motifs is 1. The molecule has 0 atom stereocenters. The second-order valence-electron chi connectivity index (χ2n) is 4.14. The van der Waals surface area contributed by atoms with E-state index in [0.717, 1.165) is 6.07 Å². The van der Waals surface area contributed by atoms with Crippen molar-refractivity contribution in [1.29, 1.82) is 0 Å². The van der Waals surface area contributed by atoms with Crippen LogP contribution in [0.4, 0.5) is 4.39 Å². The van der Waals surface area contributed by atoms with Crippen LogP contribution in [0.25, 0.3) is 11.1 Å². The Morgan fingerprint density at radius 3 is 2.81 bits per heavy atom. The zero-order chi connectivity index (χ0) is 15.0. The molecule has 0 aliphatic heterocycles. The summed E-state index contributed by atoms with van der Waals surface area (Å²) >= 11 is 5.83. The highest BCUT2D eigenvalue weighted by Crippen LogP contribution is 2.31. The zero-order valence-electron chi connectivity index (χ0n) is 10.3. The fourth-order valence-electron chi connectivity index (χ4n) is 1.73. The number of ether oxygens (including phenoxy) is 1. The molecule has 0 aliphatic rings. The van der Waals surface area contributed by atoms with Gasteiger partial charge >= 0.3 is 12.0 Å². The van der Waals surface area contributed by atoms with Gasteiger partial charge in [0, 0.05) is 0 Å². The normalized spacial score (nSPS) is 10.8. The average Bonchev–Trinajstić information content (AvgIpc) is 2.83. The number of aromatic nitrogens is 1. The summed E-state index contributed by atoms with van der Waals surface area (Å²) in [4.78, 5) is 14.9. The molecule has 0 radical (unpaired) electrons. The van der Waals surface area contributed by atoms with Crippen molar-refractivity contribution in [1.82, 2.24) is 4.98 Å². The minimum atomic E-state index is -1.07. The molecule has 5 nitrogen and oxygen atoms in total. The van der Waals surface area contributed by atoms with Crippen molar-refractivity contribution in [3.8, 4) is 11.8 Å². The Morgan fingerprint density at radius 1 is 1.29 bits per heavy atom. The van der Waals surface area contributed by atoms with Gasteiger partial charge in [-0.3, -0.25) is 0 Å². The number of carbonyl (C=O) groups is 1. The van der Waals surface area contributed by atoms with Gasteiger partial charge in [-0.1, -0.05) is 11.6 Å². The molecule has 0 spiro atoms. The van der Waals surface area contributed by atoms with Crippen LogP contribution in [-0.4, -0.2) is 16.1 Å². The molecule has 3 aromatic rings. The number of benzene rings is 2. The average molecular weight is 308 g/mol. The first-order chi connectivity index (χ1) is 10.0. The van der Waals surface area contributed by atoms with Gasteiger partial charge in [0.05, 0.1) is 10.6 Å². The van der Waals surface area contributed by atoms with Crippen LogP contribution < -0.4 is 4.74 Å². The van der Waals surface area contributed by atoms with Crippen molar-refractivity contribution >= 4 is 28.7 Å². The molecule has 0 aliphatic carbocycles. The summed E-state index contributed by atoms with van der Waals surface area (Å²) in [6, 6.07) is 7.87. The lowest BCUT2D eigenvalue weighted by molar-refractivity contribution is 0.0697. The molecule has 2 aromatic carbocycles. The molecule has 106 valence electrons. The molecule has 0 unspecified atom stereocenters. The molecule has 1 heterocycles. The van der Waals surface area contributed by atoms with Gasteiger partial charge in [-0.05, 0) is 36.4 Å². The summed E-state index contributed by atoms with van der Waals surface area (Å²) < 4.78 is 23.6. The molecular weight excluding hydrogens is 301 g/mol. The lowest BCUT2D eigenvalue weighted by Crippen LogP contribution is -1.94. The van der Waals surface area contributed by atoms with Crippen molar-refractivity contribution in [3.05, 3.63) is 52.8 Å². The molecule has 0 amide bonds. The van der Waals surface area contributed by atoms with Gasteiger partial charge in [-0.25, -0.2) is 9.18 Å². The van der Waals surface area contributed by atoms with Gasteiger partial charge in [0.15, 0.2) is 11.3 Å².